The number of carbonyl (C=O) groups excluding carboxylic acids is 1. The van der Waals surface area contributed by atoms with Gasteiger partial charge < -0.3 is 9.64 Å². The smallest absolute Gasteiger partial charge is 0.409 e. The molecule has 3 fully saturated rings. The van der Waals surface area contributed by atoms with Gasteiger partial charge in [0.2, 0.25) is 10.0 Å². The molecule has 7 heteroatoms. The number of ether oxygens (including phenoxy) is 1. The lowest BCUT2D eigenvalue weighted by Gasteiger charge is -2.55. The summed E-state index contributed by atoms with van der Waals surface area (Å²) in [6.45, 7) is 5.41. The average Bonchev–Trinajstić information content (AvgIpc) is 2.77. The van der Waals surface area contributed by atoms with Crippen LogP contribution in [0.3, 0.4) is 0 Å². The van der Waals surface area contributed by atoms with E-state index in [0.29, 0.717) is 41.2 Å². The maximum absolute atomic E-state index is 12.5. The molecule has 1 saturated heterocycles. The lowest BCUT2D eigenvalue weighted by molar-refractivity contribution is -0.0233. The van der Waals surface area contributed by atoms with Crippen molar-refractivity contribution in [3.8, 4) is 0 Å². The Kier molecular flexibility index (Phi) is 6.96. The van der Waals surface area contributed by atoms with Crippen LogP contribution in [0.15, 0.2) is 40.8 Å². The highest BCUT2D eigenvalue weighted by Gasteiger charge is 2.49. The lowest BCUT2D eigenvalue weighted by atomic mass is 9.59. The van der Waals surface area contributed by atoms with Crippen LogP contribution in [0.1, 0.15) is 51.0 Å². The quantitative estimate of drug-likeness (QED) is 0.501. The summed E-state index contributed by atoms with van der Waals surface area (Å²) in [5, 5.41) is 0. The van der Waals surface area contributed by atoms with Gasteiger partial charge in [0.1, 0.15) is 0 Å². The number of likely N-dealkylation sites (tertiary alicyclic amines) is 1. The van der Waals surface area contributed by atoms with Crippen LogP contribution >= 0.6 is 0 Å². The third-order valence-corrected chi connectivity index (χ3v) is 9.14. The van der Waals surface area contributed by atoms with E-state index in [2.05, 4.69) is 17.7 Å². The van der Waals surface area contributed by atoms with E-state index in [4.69, 9.17) is 4.74 Å². The molecule has 32 heavy (non-hydrogen) atoms. The van der Waals surface area contributed by atoms with Crippen LogP contribution in [0.2, 0.25) is 0 Å². The highest BCUT2D eigenvalue weighted by atomic mass is 32.2. The maximum Gasteiger partial charge on any atom is 0.409 e. The second-order valence-electron chi connectivity index (χ2n) is 9.96. The predicted octanol–water partition coefficient (Wildman–Crippen LogP) is 4.50. The number of sulfonamides is 1. The molecule has 1 aliphatic heterocycles. The van der Waals surface area contributed by atoms with E-state index in [0.717, 1.165) is 37.8 Å². The molecule has 176 valence electrons. The van der Waals surface area contributed by atoms with Crippen molar-refractivity contribution in [2.24, 2.45) is 23.7 Å². The number of benzene rings is 1. The van der Waals surface area contributed by atoms with Crippen molar-refractivity contribution in [3.63, 3.8) is 0 Å². The summed E-state index contributed by atoms with van der Waals surface area (Å²) in [6, 6.07) is 7.24. The number of amides is 1. The number of carbonyl (C=O) groups is 1. The Balaban J connectivity index is 1.36. The summed E-state index contributed by atoms with van der Waals surface area (Å²) < 4.78 is 32.7. The number of aryl methyl sites for hydroxylation is 1. The van der Waals surface area contributed by atoms with Gasteiger partial charge in [-0.3, -0.25) is 0 Å². The van der Waals surface area contributed by atoms with Crippen molar-refractivity contribution >= 4 is 16.1 Å². The van der Waals surface area contributed by atoms with Crippen molar-refractivity contribution < 1.29 is 17.9 Å². The number of hydrogen-bond donors (Lipinski definition) is 1. The minimum atomic E-state index is -3.46. The predicted molar refractivity (Wildman–Crippen MR) is 125 cm³/mol. The number of allylic oxidation sites excluding steroid dienone is 1. The number of rotatable bonds is 6. The van der Waals surface area contributed by atoms with E-state index in [1.807, 2.05) is 24.0 Å². The molecule has 1 amide bonds. The molecule has 5 atom stereocenters. The van der Waals surface area contributed by atoms with Crippen LogP contribution in [0.5, 0.6) is 0 Å². The topological polar surface area (TPSA) is 75.7 Å². The van der Waals surface area contributed by atoms with E-state index in [-0.39, 0.29) is 6.09 Å². The normalized spacial score (nSPS) is 30.9. The number of nitrogens with zero attached hydrogens (tertiary/aromatic N) is 1. The summed E-state index contributed by atoms with van der Waals surface area (Å²) >= 11 is 0. The zero-order chi connectivity index (χ0) is 22.9. The summed E-state index contributed by atoms with van der Waals surface area (Å²) in [7, 11) is -1.98. The van der Waals surface area contributed by atoms with Crippen molar-refractivity contribution in [1.29, 1.82) is 0 Å². The SMILES string of the molecule is COC(=O)N1C[C@H]2C[C@@H]3[C@H](C/C2=C\CCCNS(=O)(=O)c2ccc(C)cc2)C[C@@H](C)C[C@@H]31. The number of fused-ring (bicyclic) bond motifs is 1. The molecule has 1 aromatic carbocycles. The Hall–Kier alpha value is -1.86. The molecule has 1 heterocycles. The minimum Gasteiger partial charge on any atom is -0.453 e. The van der Waals surface area contributed by atoms with Gasteiger partial charge in [-0.2, -0.15) is 0 Å². The molecule has 0 unspecified atom stereocenters. The van der Waals surface area contributed by atoms with Crippen LogP contribution in [0, 0.1) is 30.6 Å². The van der Waals surface area contributed by atoms with Crippen molar-refractivity contribution in [3.05, 3.63) is 41.5 Å². The number of nitrogens with one attached hydrogen (secondary N) is 1. The summed E-state index contributed by atoms with van der Waals surface area (Å²) in [6.07, 6.45) is 8.34. The van der Waals surface area contributed by atoms with Crippen LogP contribution in [-0.2, 0) is 14.8 Å². The van der Waals surface area contributed by atoms with Gasteiger partial charge in [-0.05, 0) is 81.3 Å². The molecule has 0 aromatic heterocycles. The van der Waals surface area contributed by atoms with E-state index in [1.165, 1.54) is 25.5 Å². The first-order chi connectivity index (χ1) is 15.3. The molecule has 4 rings (SSSR count). The van der Waals surface area contributed by atoms with Gasteiger partial charge in [0.25, 0.3) is 0 Å². The molecule has 2 aliphatic carbocycles. The first kappa shape index (κ1) is 23.3. The van der Waals surface area contributed by atoms with E-state index in [9.17, 15) is 13.2 Å². The number of unbranched alkanes of at least 4 members (excludes halogenated alkanes) is 1. The second kappa shape index (κ2) is 9.56. The number of methoxy groups -OCH3 is 1. The summed E-state index contributed by atoms with van der Waals surface area (Å²) in [5.74, 6) is 2.26. The molecule has 3 aliphatic rings. The molecular formula is C25H36N2O4S. The fourth-order valence-corrected chi connectivity index (χ4v) is 7.19. The van der Waals surface area contributed by atoms with Gasteiger partial charge in [0.05, 0.1) is 12.0 Å². The zero-order valence-electron chi connectivity index (χ0n) is 19.4. The minimum absolute atomic E-state index is 0.190. The maximum atomic E-state index is 12.5. The molecule has 2 bridgehead atoms. The first-order valence-electron chi connectivity index (χ1n) is 11.9. The van der Waals surface area contributed by atoms with Crippen molar-refractivity contribution in [1.82, 2.24) is 9.62 Å². The van der Waals surface area contributed by atoms with E-state index in [1.54, 1.807) is 12.1 Å². The largest absolute Gasteiger partial charge is 0.453 e. The Bertz CT molecular complexity index is 957. The lowest BCUT2D eigenvalue weighted by Crippen LogP contribution is -2.58. The van der Waals surface area contributed by atoms with Crippen molar-refractivity contribution in [2.75, 3.05) is 20.2 Å². The Labute approximate surface area is 192 Å². The molecule has 2 saturated carbocycles. The molecule has 1 N–H and O–H groups in total. The Morgan fingerprint density at radius 1 is 1.22 bits per heavy atom. The monoisotopic (exact) mass is 460 g/mol. The zero-order valence-corrected chi connectivity index (χ0v) is 20.2. The van der Waals surface area contributed by atoms with Crippen LogP contribution in [0.25, 0.3) is 0 Å². The van der Waals surface area contributed by atoms with Crippen LogP contribution in [0.4, 0.5) is 4.79 Å². The van der Waals surface area contributed by atoms with E-state index < -0.39 is 10.0 Å². The Morgan fingerprint density at radius 3 is 2.69 bits per heavy atom. The van der Waals surface area contributed by atoms with Gasteiger partial charge in [0, 0.05) is 19.1 Å². The second-order valence-corrected chi connectivity index (χ2v) is 11.7. The molecular weight excluding hydrogens is 424 g/mol. The fourth-order valence-electron chi connectivity index (χ4n) is 6.12. The molecule has 6 nitrogen and oxygen atoms in total. The molecule has 1 aromatic rings. The summed E-state index contributed by atoms with van der Waals surface area (Å²) in [5.41, 5.74) is 2.49. The number of hydrogen-bond acceptors (Lipinski definition) is 4. The molecule has 0 spiro atoms. The third-order valence-electron chi connectivity index (χ3n) is 7.66. The average molecular weight is 461 g/mol. The highest BCUT2D eigenvalue weighted by molar-refractivity contribution is 7.89. The standard InChI is InChI=1S/C25H36N2O4S/c1-17-7-9-22(10-8-17)32(29,30)26-11-5-4-6-19-14-20-12-18(2)13-24-23(20)15-21(19)16-27(24)25(28)31-3/h6-10,18,20-21,23-24,26H,4-5,11-16H2,1-3H3/b19-6+/t18-,20+,21-,23-,24+/m1/s1. The third kappa shape index (κ3) is 4.88. The van der Waals surface area contributed by atoms with Gasteiger partial charge in [0.15, 0.2) is 0 Å². The van der Waals surface area contributed by atoms with Gasteiger partial charge in [-0.15, -0.1) is 0 Å². The van der Waals surface area contributed by atoms with Crippen LogP contribution < -0.4 is 4.72 Å². The first-order valence-corrected chi connectivity index (χ1v) is 13.4. The van der Waals surface area contributed by atoms with Crippen molar-refractivity contribution in [2.45, 2.75) is 63.3 Å². The van der Waals surface area contributed by atoms with Gasteiger partial charge in [-0.1, -0.05) is 36.3 Å². The summed E-state index contributed by atoms with van der Waals surface area (Å²) in [4.78, 5) is 14.8. The fraction of sp³-hybridized carbons (Fsp3) is 0.640. The Morgan fingerprint density at radius 2 is 1.97 bits per heavy atom. The molecule has 0 radical (unpaired) electrons. The van der Waals surface area contributed by atoms with Gasteiger partial charge >= 0.3 is 6.09 Å². The highest BCUT2D eigenvalue weighted by Crippen LogP contribution is 2.51. The van der Waals surface area contributed by atoms with Gasteiger partial charge in [-0.25, -0.2) is 17.9 Å². The number of piperidine rings is 1. The van der Waals surface area contributed by atoms with E-state index >= 15 is 0 Å². The van der Waals surface area contributed by atoms with Crippen LogP contribution in [-0.4, -0.2) is 45.7 Å².